The molecule has 124 valence electrons. The van der Waals surface area contributed by atoms with Crippen molar-refractivity contribution in [3.05, 3.63) is 48.4 Å². The van der Waals surface area contributed by atoms with Crippen molar-refractivity contribution >= 4 is 20.0 Å². The fraction of sp³-hybridized carbons (Fsp3) is 0.286. The number of furan rings is 1. The van der Waals surface area contributed by atoms with E-state index >= 15 is 0 Å². The van der Waals surface area contributed by atoms with Gasteiger partial charge >= 0.3 is 0 Å². The van der Waals surface area contributed by atoms with E-state index in [-0.39, 0.29) is 22.4 Å². The Morgan fingerprint density at radius 1 is 1.00 bits per heavy atom. The Kier molecular flexibility index (Phi) is 4.28. The second kappa shape index (κ2) is 6.08. The molecule has 1 aromatic carbocycles. The molecule has 1 aliphatic rings. The first kappa shape index (κ1) is 16.2. The van der Waals surface area contributed by atoms with Crippen LogP contribution in [0.4, 0.5) is 0 Å². The summed E-state index contributed by atoms with van der Waals surface area (Å²) in [6.45, 7) is -0.00731. The Labute approximate surface area is 134 Å². The van der Waals surface area contributed by atoms with E-state index in [2.05, 4.69) is 9.44 Å². The minimum Gasteiger partial charge on any atom is -0.468 e. The molecule has 1 saturated carbocycles. The number of sulfonamides is 2. The minimum absolute atomic E-state index is 0.00731. The molecule has 2 aromatic rings. The fourth-order valence-corrected chi connectivity index (χ4v) is 4.42. The molecule has 0 unspecified atom stereocenters. The van der Waals surface area contributed by atoms with E-state index in [0.717, 1.165) is 18.9 Å². The van der Waals surface area contributed by atoms with Gasteiger partial charge in [-0.2, -0.15) is 0 Å². The topological polar surface area (TPSA) is 105 Å². The van der Waals surface area contributed by atoms with Crippen molar-refractivity contribution in [1.29, 1.82) is 0 Å². The summed E-state index contributed by atoms with van der Waals surface area (Å²) in [5.74, 6) is 0.466. The van der Waals surface area contributed by atoms with Crippen LogP contribution < -0.4 is 9.44 Å². The van der Waals surface area contributed by atoms with E-state index in [1.54, 1.807) is 12.1 Å². The van der Waals surface area contributed by atoms with E-state index in [1.807, 2.05) is 0 Å². The summed E-state index contributed by atoms with van der Waals surface area (Å²) >= 11 is 0. The Morgan fingerprint density at radius 2 is 1.70 bits per heavy atom. The second-order valence-electron chi connectivity index (χ2n) is 5.27. The molecule has 23 heavy (non-hydrogen) atoms. The molecule has 1 fully saturated rings. The molecule has 3 rings (SSSR count). The van der Waals surface area contributed by atoms with Crippen molar-refractivity contribution in [2.75, 3.05) is 0 Å². The van der Waals surface area contributed by atoms with Gasteiger partial charge in [0.25, 0.3) is 0 Å². The number of nitrogens with one attached hydrogen (secondary N) is 2. The van der Waals surface area contributed by atoms with E-state index in [1.165, 1.54) is 24.5 Å². The molecule has 1 heterocycles. The highest BCUT2D eigenvalue weighted by molar-refractivity contribution is 7.90. The molecule has 0 aliphatic heterocycles. The number of hydrogen-bond acceptors (Lipinski definition) is 5. The minimum atomic E-state index is -3.83. The highest BCUT2D eigenvalue weighted by atomic mass is 32.2. The standard InChI is InChI=1S/C14H16N2O5S2/c17-22(18,15-10-12-3-2-8-21-12)13-4-1-5-14(9-13)23(19,20)16-11-6-7-11/h1-5,8-9,11,15-16H,6-7,10H2. The average molecular weight is 356 g/mol. The molecule has 7 nitrogen and oxygen atoms in total. The lowest BCUT2D eigenvalue weighted by molar-refractivity contribution is 0.498. The molecule has 0 spiro atoms. The quantitative estimate of drug-likeness (QED) is 0.775. The summed E-state index contributed by atoms with van der Waals surface area (Å²) < 4.78 is 58.8. The molecule has 0 amide bonds. The maximum atomic E-state index is 12.3. The van der Waals surface area contributed by atoms with Crippen molar-refractivity contribution in [3.63, 3.8) is 0 Å². The van der Waals surface area contributed by atoms with Gasteiger partial charge in [-0.25, -0.2) is 26.3 Å². The predicted octanol–water partition coefficient (Wildman–Crippen LogP) is 1.20. The van der Waals surface area contributed by atoms with Gasteiger partial charge < -0.3 is 4.42 Å². The first-order valence-corrected chi connectivity index (χ1v) is 9.98. The zero-order chi connectivity index (χ0) is 16.5. The van der Waals surface area contributed by atoms with Gasteiger partial charge in [-0.3, -0.25) is 0 Å². The van der Waals surface area contributed by atoms with Crippen molar-refractivity contribution in [2.24, 2.45) is 0 Å². The van der Waals surface area contributed by atoms with Crippen LogP contribution in [0.1, 0.15) is 18.6 Å². The van der Waals surface area contributed by atoms with Crippen molar-refractivity contribution in [2.45, 2.75) is 35.2 Å². The summed E-state index contributed by atoms with van der Waals surface area (Å²) in [6, 6.07) is 8.52. The van der Waals surface area contributed by atoms with E-state index < -0.39 is 20.0 Å². The van der Waals surface area contributed by atoms with Crippen LogP contribution in [0.15, 0.2) is 56.9 Å². The van der Waals surface area contributed by atoms with Gasteiger partial charge in [0.05, 0.1) is 22.6 Å². The van der Waals surface area contributed by atoms with E-state index in [4.69, 9.17) is 4.42 Å². The van der Waals surface area contributed by atoms with Gasteiger partial charge in [0.15, 0.2) is 0 Å². The fourth-order valence-electron chi connectivity index (χ4n) is 1.96. The molecule has 1 aliphatic carbocycles. The molecule has 1 aromatic heterocycles. The summed E-state index contributed by atoms with van der Waals surface area (Å²) in [4.78, 5) is -0.173. The highest BCUT2D eigenvalue weighted by Gasteiger charge is 2.28. The second-order valence-corrected chi connectivity index (χ2v) is 8.76. The first-order valence-electron chi connectivity index (χ1n) is 7.01. The van der Waals surface area contributed by atoms with Crippen molar-refractivity contribution in [1.82, 2.24) is 9.44 Å². The third-order valence-corrected chi connectivity index (χ3v) is 6.26. The van der Waals surface area contributed by atoms with Crippen LogP contribution in [0.5, 0.6) is 0 Å². The maximum absolute atomic E-state index is 12.3. The van der Waals surface area contributed by atoms with Gasteiger partial charge in [0, 0.05) is 6.04 Å². The summed E-state index contributed by atoms with van der Waals surface area (Å²) in [5.41, 5.74) is 0. The Balaban J connectivity index is 1.80. The summed E-state index contributed by atoms with van der Waals surface area (Å²) in [5, 5.41) is 0. The highest BCUT2D eigenvalue weighted by Crippen LogP contribution is 2.23. The van der Waals surface area contributed by atoms with E-state index in [9.17, 15) is 16.8 Å². The van der Waals surface area contributed by atoms with Gasteiger partial charge in [-0.15, -0.1) is 0 Å². The number of benzene rings is 1. The lowest BCUT2D eigenvalue weighted by Gasteiger charge is -2.09. The summed E-state index contributed by atoms with van der Waals surface area (Å²) in [6.07, 6.45) is 3.06. The lowest BCUT2D eigenvalue weighted by atomic mass is 10.4. The van der Waals surface area contributed by atoms with Gasteiger partial charge in [0.2, 0.25) is 20.0 Å². The van der Waals surface area contributed by atoms with E-state index in [0.29, 0.717) is 5.76 Å². The van der Waals surface area contributed by atoms with Gasteiger partial charge in [-0.1, -0.05) is 6.07 Å². The first-order chi connectivity index (χ1) is 10.9. The van der Waals surface area contributed by atoms with Crippen LogP contribution >= 0.6 is 0 Å². The molecular formula is C14H16N2O5S2. The molecule has 9 heteroatoms. The van der Waals surface area contributed by atoms with Crippen LogP contribution in [-0.4, -0.2) is 22.9 Å². The third kappa shape index (κ3) is 3.99. The van der Waals surface area contributed by atoms with Crippen LogP contribution in [0, 0.1) is 0 Å². The molecule has 0 atom stereocenters. The van der Waals surface area contributed by atoms with Gasteiger partial charge in [-0.05, 0) is 43.2 Å². The smallest absolute Gasteiger partial charge is 0.241 e. The Hall–Kier alpha value is -1.68. The number of hydrogen-bond donors (Lipinski definition) is 2. The molecule has 0 saturated heterocycles. The van der Waals surface area contributed by atoms with Crippen LogP contribution in [0.25, 0.3) is 0 Å². The molecule has 2 N–H and O–H groups in total. The Bertz CT molecular complexity index is 885. The Morgan fingerprint density at radius 3 is 2.30 bits per heavy atom. The van der Waals surface area contributed by atoms with Crippen LogP contribution in [0.2, 0.25) is 0 Å². The lowest BCUT2D eigenvalue weighted by Crippen LogP contribution is -2.27. The predicted molar refractivity (Wildman–Crippen MR) is 82.5 cm³/mol. The third-order valence-electron chi connectivity index (χ3n) is 3.34. The largest absolute Gasteiger partial charge is 0.468 e. The normalized spacial score (nSPS) is 15.7. The SMILES string of the molecule is O=S(=O)(NCc1ccco1)c1cccc(S(=O)(=O)NC2CC2)c1. The average Bonchev–Trinajstić information content (AvgIpc) is 3.16. The summed E-state index contributed by atoms with van der Waals surface area (Å²) in [7, 11) is -7.53. The zero-order valence-corrected chi connectivity index (χ0v) is 13.7. The number of rotatable bonds is 7. The van der Waals surface area contributed by atoms with Crippen molar-refractivity contribution < 1.29 is 21.3 Å². The van der Waals surface area contributed by atoms with Gasteiger partial charge in [0.1, 0.15) is 5.76 Å². The van der Waals surface area contributed by atoms with Crippen LogP contribution in [0.3, 0.4) is 0 Å². The van der Waals surface area contributed by atoms with Crippen molar-refractivity contribution in [3.8, 4) is 0 Å². The zero-order valence-electron chi connectivity index (χ0n) is 12.1. The molecule has 0 bridgehead atoms. The monoisotopic (exact) mass is 356 g/mol. The molecular weight excluding hydrogens is 340 g/mol. The molecule has 0 radical (unpaired) electrons. The maximum Gasteiger partial charge on any atom is 0.241 e. The van der Waals surface area contributed by atoms with Crippen LogP contribution in [-0.2, 0) is 26.6 Å².